The first kappa shape index (κ1) is 14.7. The first-order valence-corrected chi connectivity index (χ1v) is 6.60. The third-order valence-electron chi connectivity index (χ3n) is 3.56. The van der Waals surface area contributed by atoms with E-state index < -0.39 is 17.4 Å². The molecule has 4 nitrogen and oxygen atoms in total. The number of nitrogens with one attached hydrogen (secondary N) is 1. The summed E-state index contributed by atoms with van der Waals surface area (Å²) in [7, 11) is 1.18. The number of carbonyl (C=O) groups excluding carboxylic acids is 1. The fraction of sp³-hybridized carbons (Fsp3) is 0.500. The zero-order valence-electron chi connectivity index (χ0n) is 11.3. The molecule has 1 aliphatic carbocycles. The molecule has 6 heteroatoms. The van der Waals surface area contributed by atoms with Gasteiger partial charge in [-0.2, -0.15) is 0 Å². The second-order valence-electron chi connectivity index (χ2n) is 5.09. The number of methoxy groups -OCH3 is 1. The summed E-state index contributed by atoms with van der Waals surface area (Å²) < 4.78 is 31.6. The van der Waals surface area contributed by atoms with E-state index in [4.69, 9.17) is 5.73 Å². The second-order valence-corrected chi connectivity index (χ2v) is 5.09. The Bertz CT molecular complexity index is 485. The number of anilines is 1. The molecule has 1 aliphatic rings. The van der Waals surface area contributed by atoms with Gasteiger partial charge in [0.1, 0.15) is 0 Å². The molecule has 3 N–H and O–H groups in total. The summed E-state index contributed by atoms with van der Waals surface area (Å²) >= 11 is 0. The van der Waals surface area contributed by atoms with Crippen molar-refractivity contribution < 1.29 is 18.3 Å². The van der Waals surface area contributed by atoms with Crippen molar-refractivity contribution in [2.45, 2.75) is 31.7 Å². The standard InChI is InChI=1S/C14H18F2N2O2/c1-20-13-11(15)6-10(7-12(13)16)18-14(19)8-3-2-4-9(17)5-8/h6-9H,2-5,17H2,1H3,(H,18,19). The molecule has 2 unspecified atom stereocenters. The van der Waals surface area contributed by atoms with Gasteiger partial charge < -0.3 is 15.8 Å². The fourth-order valence-corrected chi connectivity index (χ4v) is 2.54. The first-order valence-electron chi connectivity index (χ1n) is 6.60. The molecule has 0 aromatic heterocycles. The Kier molecular flexibility index (Phi) is 4.54. The topological polar surface area (TPSA) is 64.3 Å². The Balaban J connectivity index is 2.08. The Morgan fingerprint density at radius 3 is 2.55 bits per heavy atom. The summed E-state index contributed by atoms with van der Waals surface area (Å²) in [6.07, 6.45) is 3.16. The number of rotatable bonds is 3. The van der Waals surface area contributed by atoms with Gasteiger partial charge in [-0.15, -0.1) is 0 Å². The molecule has 110 valence electrons. The van der Waals surface area contributed by atoms with Crippen molar-refractivity contribution in [1.82, 2.24) is 0 Å². The lowest BCUT2D eigenvalue weighted by Gasteiger charge is -2.25. The van der Waals surface area contributed by atoms with Crippen molar-refractivity contribution in [3.05, 3.63) is 23.8 Å². The fourth-order valence-electron chi connectivity index (χ4n) is 2.54. The van der Waals surface area contributed by atoms with E-state index in [9.17, 15) is 13.6 Å². The van der Waals surface area contributed by atoms with Crippen LogP contribution in [-0.4, -0.2) is 19.1 Å². The molecule has 0 spiro atoms. The minimum atomic E-state index is -0.844. The highest BCUT2D eigenvalue weighted by molar-refractivity contribution is 5.92. The maximum Gasteiger partial charge on any atom is 0.227 e. The number of hydrogen-bond donors (Lipinski definition) is 2. The number of nitrogens with two attached hydrogens (primary N) is 1. The molecule has 2 rings (SSSR count). The molecule has 1 fully saturated rings. The molecule has 20 heavy (non-hydrogen) atoms. The summed E-state index contributed by atoms with van der Waals surface area (Å²) in [5, 5.41) is 2.54. The minimum Gasteiger partial charge on any atom is -0.491 e. The third-order valence-corrected chi connectivity index (χ3v) is 3.56. The number of ether oxygens (including phenoxy) is 1. The van der Waals surface area contributed by atoms with Gasteiger partial charge in [0.2, 0.25) is 5.91 Å². The molecule has 1 aromatic carbocycles. The average Bonchev–Trinajstić information content (AvgIpc) is 2.38. The zero-order chi connectivity index (χ0) is 14.7. The maximum atomic E-state index is 13.5. The van der Waals surface area contributed by atoms with E-state index in [0.29, 0.717) is 6.42 Å². The van der Waals surface area contributed by atoms with Gasteiger partial charge in [0.05, 0.1) is 7.11 Å². The van der Waals surface area contributed by atoms with Gasteiger partial charge in [-0.3, -0.25) is 4.79 Å². The highest BCUT2D eigenvalue weighted by atomic mass is 19.1. The molecule has 0 bridgehead atoms. The third kappa shape index (κ3) is 3.25. The molecule has 0 radical (unpaired) electrons. The largest absolute Gasteiger partial charge is 0.491 e. The smallest absolute Gasteiger partial charge is 0.227 e. The van der Waals surface area contributed by atoms with Crippen LogP contribution < -0.4 is 15.8 Å². The SMILES string of the molecule is COc1c(F)cc(NC(=O)C2CCCC(N)C2)cc1F. The lowest BCUT2D eigenvalue weighted by atomic mass is 9.85. The predicted octanol–water partition coefficient (Wildman–Crippen LogP) is 2.43. The van der Waals surface area contributed by atoms with E-state index in [1.807, 2.05) is 0 Å². The monoisotopic (exact) mass is 284 g/mol. The molecule has 1 aromatic rings. The summed E-state index contributed by atoms with van der Waals surface area (Å²) in [6.45, 7) is 0. The number of benzene rings is 1. The van der Waals surface area contributed by atoms with Crippen molar-refractivity contribution in [3.8, 4) is 5.75 Å². The van der Waals surface area contributed by atoms with Crippen LogP contribution in [0.2, 0.25) is 0 Å². The van der Waals surface area contributed by atoms with Gasteiger partial charge in [-0.25, -0.2) is 8.78 Å². The average molecular weight is 284 g/mol. The van der Waals surface area contributed by atoms with E-state index >= 15 is 0 Å². The lowest BCUT2D eigenvalue weighted by molar-refractivity contribution is -0.120. The van der Waals surface area contributed by atoms with Gasteiger partial charge in [-0.05, 0) is 19.3 Å². The summed E-state index contributed by atoms with van der Waals surface area (Å²) in [5.41, 5.74) is 5.91. The van der Waals surface area contributed by atoms with Crippen molar-refractivity contribution in [1.29, 1.82) is 0 Å². The molecular weight excluding hydrogens is 266 g/mol. The van der Waals surface area contributed by atoms with Crippen LogP contribution >= 0.6 is 0 Å². The number of hydrogen-bond acceptors (Lipinski definition) is 3. The Morgan fingerprint density at radius 1 is 1.35 bits per heavy atom. The molecule has 1 saturated carbocycles. The molecule has 0 saturated heterocycles. The van der Waals surface area contributed by atoms with Crippen LogP contribution in [0.4, 0.5) is 14.5 Å². The van der Waals surface area contributed by atoms with Crippen molar-refractivity contribution in [3.63, 3.8) is 0 Å². The molecular formula is C14H18F2N2O2. The molecule has 2 atom stereocenters. The van der Waals surface area contributed by atoms with Gasteiger partial charge in [0.25, 0.3) is 0 Å². The van der Waals surface area contributed by atoms with Gasteiger partial charge in [0, 0.05) is 29.8 Å². The van der Waals surface area contributed by atoms with Crippen LogP contribution in [0.1, 0.15) is 25.7 Å². The predicted molar refractivity (Wildman–Crippen MR) is 71.5 cm³/mol. The molecule has 1 amide bonds. The first-order chi connectivity index (χ1) is 9.51. The van der Waals surface area contributed by atoms with Gasteiger partial charge in [-0.1, -0.05) is 6.42 Å². The van der Waals surface area contributed by atoms with E-state index in [1.54, 1.807) is 0 Å². The van der Waals surface area contributed by atoms with E-state index in [-0.39, 0.29) is 23.6 Å². The Hall–Kier alpha value is -1.69. The van der Waals surface area contributed by atoms with Crippen LogP contribution in [0.3, 0.4) is 0 Å². The zero-order valence-corrected chi connectivity index (χ0v) is 11.3. The Labute approximate surface area is 116 Å². The van der Waals surface area contributed by atoms with Crippen LogP contribution in [0.25, 0.3) is 0 Å². The van der Waals surface area contributed by atoms with Gasteiger partial charge >= 0.3 is 0 Å². The quantitative estimate of drug-likeness (QED) is 0.896. The Morgan fingerprint density at radius 2 is 2.00 bits per heavy atom. The number of carbonyl (C=O) groups is 1. The van der Waals surface area contributed by atoms with Crippen LogP contribution in [-0.2, 0) is 4.79 Å². The minimum absolute atomic E-state index is 0.0174. The normalized spacial score (nSPS) is 22.4. The van der Waals surface area contributed by atoms with Crippen LogP contribution in [0.15, 0.2) is 12.1 Å². The second kappa shape index (κ2) is 6.17. The number of halogens is 2. The summed E-state index contributed by atoms with van der Waals surface area (Å²) in [4.78, 5) is 12.0. The van der Waals surface area contributed by atoms with Crippen molar-refractivity contribution >= 4 is 11.6 Å². The van der Waals surface area contributed by atoms with E-state index in [0.717, 1.165) is 31.4 Å². The summed E-state index contributed by atoms with van der Waals surface area (Å²) in [6, 6.07) is 2.11. The highest BCUT2D eigenvalue weighted by Gasteiger charge is 2.25. The molecule has 0 heterocycles. The van der Waals surface area contributed by atoms with Crippen molar-refractivity contribution in [2.24, 2.45) is 11.7 Å². The van der Waals surface area contributed by atoms with Crippen LogP contribution in [0, 0.1) is 17.6 Å². The maximum absolute atomic E-state index is 13.5. The van der Waals surface area contributed by atoms with E-state index in [2.05, 4.69) is 10.1 Å². The lowest BCUT2D eigenvalue weighted by Crippen LogP contribution is -2.34. The van der Waals surface area contributed by atoms with Gasteiger partial charge in [0.15, 0.2) is 17.4 Å². The number of amides is 1. The van der Waals surface area contributed by atoms with Crippen molar-refractivity contribution in [2.75, 3.05) is 12.4 Å². The van der Waals surface area contributed by atoms with Crippen LogP contribution in [0.5, 0.6) is 5.75 Å². The van der Waals surface area contributed by atoms with E-state index in [1.165, 1.54) is 7.11 Å². The summed E-state index contributed by atoms with van der Waals surface area (Å²) in [5.74, 6) is -2.59. The highest BCUT2D eigenvalue weighted by Crippen LogP contribution is 2.27. The molecule has 0 aliphatic heterocycles.